The highest BCUT2D eigenvalue weighted by atomic mass is 16.5. The number of nitrogens with one attached hydrogen (secondary N) is 2. The molecule has 9 nitrogen and oxygen atoms in total. The second-order valence-corrected chi connectivity index (χ2v) is 9.00. The second kappa shape index (κ2) is 9.44. The number of amides is 1. The van der Waals surface area contributed by atoms with Gasteiger partial charge in [0.05, 0.1) is 30.6 Å². The fourth-order valence-corrected chi connectivity index (χ4v) is 4.50. The molecule has 2 saturated heterocycles. The molecule has 2 N–H and O–H groups in total. The summed E-state index contributed by atoms with van der Waals surface area (Å²) in [4.78, 5) is 26.6. The van der Waals surface area contributed by atoms with E-state index in [1.807, 2.05) is 42.7 Å². The van der Waals surface area contributed by atoms with E-state index in [0.29, 0.717) is 11.4 Å². The van der Waals surface area contributed by atoms with Crippen LogP contribution in [0, 0.1) is 0 Å². The van der Waals surface area contributed by atoms with Gasteiger partial charge in [0.2, 0.25) is 0 Å². The Kier molecular flexibility index (Phi) is 5.85. The Bertz CT molecular complexity index is 1340. The number of carbonyl (C=O) groups excluding carboxylic acids is 1. The van der Waals surface area contributed by atoms with E-state index >= 15 is 0 Å². The first kappa shape index (κ1) is 21.7. The van der Waals surface area contributed by atoms with Gasteiger partial charge in [0, 0.05) is 56.1 Å². The van der Waals surface area contributed by atoms with E-state index in [4.69, 9.17) is 4.74 Å². The number of pyridine rings is 2. The Hall–Kier alpha value is -3.82. The van der Waals surface area contributed by atoms with E-state index in [0.717, 1.165) is 79.3 Å². The van der Waals surface area contributed by atoms with Gasteiger partial charge in [0.1, 0.15) is 5.82 Å². The van der Waals surface area contributed by atoms with Crippen molar-refractivity contribution in [3.63, 3.8) is 0 Å². The van der Waals surface area contributed by atoms with E-state index in [1.54, 1.807) is 6.20 Å². The molecular formula is C26H27N7O2. The first-order valence-corrected chi connectivity index (χ1v) is 12.0. The molecule has 0 bridgehead atoms. The number of benzene rings is 1. The maximum Gasteiger partial charge on any atom is 0.276 e. The van der Waals surface area contributed by atoms with Crippen LogP contribution in [0.5, 0.6) is 0 Å². The van der Waals surface area contributed by atoms with E-state index < -0.39 is 0 Å². The third kappa shape index (κ3) is 4.60. The number of hydrogen-bond donors (Lipinski definition) is 2. The highest BCUT2D eigenvalue weighted by molar-refractivity contribution is 6.11. The van der Waals surface area contributed by atoms with Gasteiger partial charge >= 0.3 is 0 Å². The molecule has 0 atom stereocenters. The largest absolute Gasteiger partial charge is 0.379 e. The van der Waals surface area contributed by atoms with Crippen LogP contribution in [-0.4, -0.2) is 70.4 Å². The zero-order valence-corrected chi connectivity index (χ0v) is 19.4. The first-order valence-electron chi connectivity index (χ1n) is 12.0. The number of aromatic nitrogens is 4. The minimum absolute atomic E-state index is 0.272. The summed E-state index contributed by atoms with van der Waals surface area (Å²) < 4.78 is 5.45. The second-order valence-electron chi connectivity index (χ2n) is 9.00. The molecule has 2 fully saturated rings. The Balaban J connectivity index is 1.21. The third-order valence-electron chi connectivity index (χ3n) is 6.60. The lowest BCUT2D eigenvalue weighted by Crippen LogP contribution is -2.37. The maximum absolute atomic E-state index is 13.0. The molecule has 3 aromatic heterocycles. The van der Waals surface area contributed by atoms with Crippen molar-refractivity contribution in [2.45, 2.75) is 13.0 Å². The molecule has 178 valence electrons. The molecule has 4 aromatic rings. The summed E-state index contributed by atoms with van der Waals surface area (Å²) in [5.41, 5.74) is 4.96. The predicted molar refractivity (Wildman–Crippen MR) is 134 cm³/mol. The molecule has 0 radical (unpaired) electrons. The average Bonchev–Trinajstić information content (AvgIpc) is 3.28. The van der Waals surface area contributed by atoms with Gasteiger partial charge in [0.15, 0.2) is 5.69 Å². The zero-order chi connectivity index (χ0) is 23.6. The standard InChI is InChI=1S/C26H27N7O2/c34-26(29-21-3-5-24(28-16-21)33-6-1-7-33)25-22-13-19(2-4-23(22)30-31-25)20-12-18(14-27-15-20)17-32-8-10-35-11-9-32/h2-5,12-16H,1,6-11,17H2,(H,29,34)(H,30,31). The summed E-state index contributed by atoms with van der Waals surface area (Å²) in [7, 11) is 0. The molecule has 0 unspecified atom stereocenters. The molecule has 2 aliphatic heterocycles. The Morgan fingerprint density at radius 2 is 1.89 bits per heavy atom. The SMILES string of the molecule is O=C(Nc1ccc(N2CCC2)nc1)c1n[nH]c2ccc(-c3cncc(CN4CCOCC4)c3)cc12. The van der Waals surface area contributed by atoms with Gasteiger partial charge in [-0.05, 0) is 47.9 Å². The van der Waals surface area contributed by atoms with Crippen LogP contribution in [0.1, 0.15) is 22.5 Å². The fraction of sp³-hybridized carbons (Fsp3) is 0.308. The average molecular weight is 470 g/mol. The number of rotatable bonds is 6. The highest BCUT2D eigenvalue weighted by Crippen LogP contribution is 2.27. The Morgan fingerprint density at radius 3 is 2.66 bits per heavy atom. The fourth-order valence-electron chi connectivity index (χ4n) is 4.50. The lowest BCUT2D eigenvalue weighted by molar-refractivity contribution is 0.0341. The zero-order valence-electron chi connectivity index (χ0n) is 19.4. The van der Waals surface area contributed by atoms with Gasteiger partial charge in [-0.1, -0.05) is 6.07 Å². The number of ether oxygens (including phenoxy) is 1. The summed E-state index contributed by atoms with van der Waals surface area (Å²) in [6.45, 7) is 6.32. The van der Waals surface area contributed by atoms with Crippen molar-refractivity contribution >= 4 is 28.3 Å². The molecule has 1 aromatic carbocycles. The van der Waals surface area contributed by atoms with Crippen LogP contribution >= 0.6 is 0 Å². The van der Waals surface area contributed by atoms with Crippen LogP contribution in [0.4, 0.5) is 11.5 Å². The minimum Gasteiger partial charge on any atom is -0.379 e. The lowest BCUT2D eigenvalue weighted by atomic mass is 10.0. The lowest BCUT2D eigenvalue weighted by Gasteiger charge is -2.31. The quantitative estimate of drug-likeness (QED) is 0.447. The summed E-state index contributed by atoms with van der Waals surface area (Å²) in [6.07, 6.45) is 6.66. The van der Waals surface area contributed by atoms with Crippen LogP contribution < -0.4 is 10.2 Å². The van der Waals surface area contributed by atoms with Crippen LogP contribution in [-0.2, 0) is 11.3 Å². The molecule has 9 heteroatoms. The summed E-state index contributed by atoms with van der Waals surface area (Å²) in [6, 6.07) is 11.9. The van der Waals surface area contributed by atoms with Crippen molar-refractivity contribution in [1.29, 1.82) is 0 Å². The van der Waals surface area contributed by atoms with Gasteiger partial charge < -0.3 is 15.0 Å². The summed E-state index contributed by atoms with van der Waals surface area (Å²) >= 11 is 0. The van der Waals surface area contributed by atoms with Gasteiger partial charge in [-0.3, -0.25) is 19.8 Å². The molecule has 2 aliphatic rings. The summed E-state index contributed by atoms with van der Waals surface area (Å²) in [5, 5.41) is 10.9. The summed E-state index contributed by atoms with van der Waals surface area (Å²) in [5.74, 6) is 0.666. The van der Waals surface area contributed by atoms with Gasteiger partial charge in [-0.25, -0.2) is 4.98 Å². The van der Waals surface area contributed by atoms with Crippen LogP contribution in [0.15, 0.2) is 55.0 Å². The van der Waals surface area contributed by atoms with E-state index in [9.17, 15) is 4.79 Å². The first-order chi connectivity index (χ1) is 17.2. The van der Waals surface area contributed by atoms with Crippen LogP contribution in [0.3, 0.4) is 0 Å². The number of fused-ring (bicyclic) bond motifs is 1. The molecule has 0 spiro atoms. The molecular weight excluding hydrogens is 442 g/mol. The van der Waals surface area contributed by atoms with Crippen LogP contribution in [0.25, 0.3) is 22.0 Å². The van der Waals surface area contributed by atoms with Crippen LogP contribution in [0.2, 0.25) is 0 Å². The molecule has 1 amide bonds. The normalized spacial score (nSPS) is 16.3. The molecule has 0 aliphatic carbocycles. The third-order valence-corrected chi connectivity index (χ3v) is 6.60. The number of hydrogen-bond acceptors (Lipinski definition) is 7. The van der Waals surface area contributed by atoms with E-state index in [1.165, 1.54) is 6.42 Å². The molecule has 35 heavy (non-hydrogen) atoms. The monoisotopic (exact) mass is 469 g/mol. The highest BCUT2D eigenvalue weighted by Gasteiger charge is 2.18. The number of anilines is 2. The van der Waals surface area contributed by atoms with Crippen molar-refractivity contribution in [3.8, 4) is 11.1 Å². The van der Waals surface area contributed by atoms with Crippen molar-refractivity contribution in [3.05, 3.63) is 66.2 Å². The molecule has 6 rings (SSSR count). The van der Waals surface area contributed by atoms with Gasteiger partial charge in [-0.15, -0.1) is 0 Å². The van der Waals surface area contributed by atoms with Crippen molar-refractivity contribution in [2.24, 2.45) is 0 Å². The van der Waals surface area contributed by atoms with E-state index in [2.05, 4.69) is 41.3 Å². The number of H-pyrrole nitrogens is 1. The van der Waals surface area contributed by atoms with Crippen molar-refractivity contribution < 1.29 is 9.53 Å². The number of carbonyl (C=O) groups is 1. The Labute approximate surface area is 203 Å². The minimum atomic E-state index is -0.272. The Morgan fingerprint density at radius 1 is 1.00 bits per heavy atom. The predicted octanol–water partition coefficient (Wildman–Crippen LogP) is 3.31. The smallest absolute Gasteiger partial charge is 0.276 e. The van der Waals surface area contributed by atoms with E-state index in [-0.39, 0.29) is 5.91 Å². The van der Waals surface area contributed by atoms with Gasteiger partial charge in [0.25, 0.3) is 5.91 Å². The number of morpholine rings is 1. The molecule has 0 saturated carbocycles. The number of nitrogens with zero attached hydrogens (tertiary/aromatic N) is 5. The van der Waals surface area contributed by atoms with Crippen molar-refractivity contribution in [1.82, 2.24) is 25.1 Å². The maximum atomic E-state index is 13.0. The number of aromatic amines is 1. The molecule has 5 heterocycles. The van der Waals surface area contributed by atoms with Gasteiger partial charge in [-0.2, -0.15) is 5.10 Å². The topological polar surface area (TPSA) is 99.3 Å². The van der Waals surface area contributed by atoms with Crippen molar-refractivity contribution in [2.75, 3.05) is 49.6 Å².